The number of carbonyl (C=O) groups is 2. The summed E-state index contributed by atoms with van der Waals surface area (Å²) in [5, 5.41) is 2.83. The Labute approximate surface area is 134 Å². The predicted molar refractivity (Wildman–Crippen MR) is 87.4 cm³/mol. The summed E-state index contributed by atoms with van der Waals surface area (Å²) in [5.74, 6) is 0.0133. The SMILES string of the molecule is CCC(C)C1NC(=O)CN(c2c(C)cc(Br)cc2C)C1=O. The van der Waals surface area contributed by atoms with Crippen LogP contribution in [0.2, 0.25) is 0 Å². The zero-order valence-electron chi connectivity index (χ0n) is 12.9. The van der Waals surface area contributed by atoms with Crippen molar-refractivity contribution < 1.29 is 9.59 Å². The van der Waals surface area contributed by atoms with Crippen molar-refractivity contribution in [1.29, 1.82) is 0 Å². The van der Waals surface area contributed by atoms with Gasteiger partial charge in [0.1, 0.15) is 12.6 Å². The molecular formula is C16H21BrN2O2. The van der Waals surface area contributed by atoms with Crippen molar-refractivity contribution in [2.75, 3.05) is 11.4 Å². The van der Waals surface area contributed by atoms with E-state index in [1.54, 1.807) is 4.90 Å². The zero-order chi connectivity index (χ0) is 15.7. The molecule has 1 aromatic carbocycles. The number of rotatable bonds is 3. The van der Waals surface area contributed by atoms with Crippen LogP contribution in [-0.2, 0) is 9.59 Å². The molecule has 2 unspecified atom stereocenters. The van der Waals surface area contributed by atoms with Crippen molar-refractivity contribution in [3.63, 3.8) is 0 Å². The Morgan fingerprint density at radius 1 is 1.33 bits per heavy atom. The van der Waals surface area contributed by atoms with Gasteiger partial charge in [-0.05, 0) is 43.0 Å². The fourth-order valence-electron chi connectivity index (χ4n) is 2.81. The summed E-state index contributed by atoms with van der Waals surface area (Å²) in [5.41, 5.74) is 2.84. The van der Waals surface area contributed by atoms with Crippen LogP contribution >= 0.6 is 15.9 Å². The average Bonchev–Trinajstić information content (AvgIpc) is 2.40. The molecule has 1 heterocycles. The monoisotopic (exact) mass is 352 g/mol. The molecule has 0 radical (unpaired) electrons. The highest BCUT2D eigenvalue weighted by atomic mass is 79.9. The molecule has 0 spiro atoms. The third-order valence-corrected chi connectivity index (χ3v) is 4.55. The number of piperazine rings is 1. The molecule has 0 saturated carbocycles. The number of nitrogens with zero attached hydrogens (tertiary/aromatic N) is 1. The minimum Gasteiger partial charge on any atom is -0.342 e. The Morgan fingerprint density at radius 3 is 2.43 bits per heavy atom. The first-order valence-corrected chi connectivity index (χ1v) is 8.02. The highest BCUT2D eigenvalue weighted by molar-refractivity contribution is 9.10. The highest BCUT2D eigenvalue weighted by Crippen LogP contribution is 2.30. The second kappa shape index (κ2) is 6.18. The molecule has 0 aromatic heterocycles. The molecule has 114 valence electrons. The zero-order valence-corrected chi connectivity index (χ0v) is 14.5. The molecule has 1 saturated heterocycles. The number of benzene rings is 1. The maximum atomic E-state index is 12.8. The van der Waals surface area contributed by atoms with E-state index in [1.807, 2.05) is 39.8 Å². The van der Waals surface area contributed by atoms with Crippen LogP contribution in [0.1, 0.15) is 31.4 Å². The Balaban J connectivity index is 2.43. The van der Waals surface area contributed by atoms with Crippen LogP contribution < -0.4 is 10.2 Å². The van der Waals surface area contributed by atoms with Gasteiger partial charge in [-0.2, -0.15) is 0 Å². The topological polar surface area (TPSA) is 49.4 Å². The lowest BCUT2D eigenvalue weighted by molar-refractivity contribution is -0.132. The third-order valence-electron chi connectivity index (χ3n) is 4.09. The molecule has 21 heavy (non-hydrogen) atoms. The minimum atomic E-state index is -0.432. The molecule has 1 fully saturated rings. The van der Waals surface area contributed by atoms with Gasteiger partial charge in [-0.1, -0.05) is 36.2 Å². The molecule has 0 aliphatic carbocycles. The lowest BCUT2D eigenvalue weighted by atomic mass is 9.95. The van der Waals surface area contributed by atoms with Gasteiger partial charge in [0, 0.05) is 4.47 Å². The minimum absolute atomic E-state index is 0.0162. The van der Waals surface area contributed by atoms with Crippen molar-refractivity contribution in [2.45, 2.75) is 40.2 Å². The van der Waals surface area contributed by atoms with Crippen molar-refractivity contribution in [2.24, 2.45) is 5.92 Å². The number of hydrogen-bond donors (Lipinski definition) is 1. The molecule has 4 nitrogen and oxygen atoms in total. The number of hydrogen-bond acceptors (Lipinski definition) is 2. The van der Waals surface area contributed by atoms with Crippen LogP contribution in [0.4, 0.5) is 5.69 Å². The van der Waals surface area contributed by atoms with Crippen LogP contribution in [0.15, 0.2) is 16.6 Å². The fraction of sp³-hybridized carbons (Fsp3) is 0.500. The van der Waals surface area contributed by atoms with Gasteiger partial charge in [0.25, 0.3) is 0 Å². The summed E-state index contributed by atoms with van der Waals surface area (Å²) < 4.78 is 0.980. The van der Waals surface area contributed by atoms with Crippen LogP contribution in [0.5, 0.6) is 0 Å². The standard InChI is InChI=1S/C16H21BrN2O2/c1-5-9(2)14-16(21)19(8-13(20)18-14)15-10(3)6-12(17)7-11(15)4/h6-7,9,14H,5,8H2,1-4H3,(H,18,20). The van der Waals surface area contributed by atoms with E-state index in [-0.39, 0.29) is 24.3 Å². The van der Waals surface area contributed by atoms with E-state index in [0.29, 0.717) is 0 Å². The van der Waals surface area contributed by atoms with Gasteiger partial charge in [0.2, 0.25) is 11.8 Å². The number of anilines is 1. The normalized spacial score (nSPS) is 20.4. The van der Waals surface area contributed by atoms with Crippen LogP contribution in [-0.4, -0.2) is 24.4 Å². The second-order valence-electron chi connectivity index (χ2n) is 5.74. The first-order chi connectivity index (χ1) is 9.85. The molecule has 2 rings (SSSR count). The summed E-state index contributed by atoms with van der Waals surface area (Å²) in [6.07, 6.45) is 0.850. The third kappa shape index (κ3) is 3.12. The van der Waals surface area contributed by atoms with Crippen LogP contribution in [0.25, 0.3) is 0 Å². The van der Waals surface area contributed by atoms with Gasteiger partial charge in [0.05, 0.1) is 5.69 Å². The maximum absolute atomic E-state index is 12.8. The first-order valence-electron chi connectivity index (χ1n) is 7.22. The number of amides is 2. The van der Waals surface area contributed by atoms with E-state index in [1.165, 1.54) is 0 Å². The molecule has 2 amide bonds. The molecular weight excluding hydrogens is 332 g/mol. The molecule has 1 aliphatic rings. The van der Waals surface area contributed by atoms with E-state index in [9.17, 15) is 9.59 Å². The Bertz CT molecular complexity index is 563. The maximum Gasteiger partial charge on any atom is 0.250 e. The number of halogens is 1. The summed E-state index contributed by atoms with van der Waals surface area (Å²) in [4.78, 5) is 26.4. The fourth-order valence-corrected chi connectivity index (χ4v) is 3.50. The summed E-state index contributed by atoms with van der Waals surface area (Å²) in [7, 11) is 0. The van der Waals surface area contributed by atoms with Gasteiger partial charge in [-0.25, -0.2) is 0 Å². The first kappa shape index (κ1) is 16.0. The van der Waals surface area contributed by atoms with Gasteiger partial charge in [0.15, 0.2) is 0 Å². The van der Waals surface area contributed by atoms with Crippen LogP contribution in [0.3, 0.4) is 0 Å². The van der Waals surface area contributed by atoms with Crippen molar-refractivity contribution in [3.05, 3.63) is 27.7 Å². The lowest BCUT2D eigenvalue weighted by Crippen LogP contribution is -2.60. The average molecular weight is 353 g/mol. The number of aryl methyl sites for hydroxylation is 2. The second-order valence-corrected chi connectivity index (χ2v) is 6.66. The summed E-state index contributed by atoms with van der Waals surface area (Å²) in [6, 6.07) is 3.51. The van der Waals surface area contributed by atoms with Crippen molar-refractivity contribution in [3.8, 4) is 0 Å². The van der Waals surface area contributed by atoms with E-state index in [4.69, 9.17) is 0 Å². The molecule has 5 heteroatoms. The Morgan fingerprint density at radius 2 is 1.90 bits per heavy atom. The van der Waals surface area contributed by atoms with E-state index in [2.05, 4.69) is 21.2 Å². The molecule has 1 N–H and O–H groups in total. The molecule has 2 atom stereocenters. The Hall–Kier alpha value is -1.36. The largest absolute Gasteiger partial charge is 0.342 e. The molecule has 1 aromatic rings. The molecule has 1 aliphatic heterocycles. The van der Waals surface area contributed by atoms with Gasteiger partial charge in [-0.3, -0.25) is 9.59 Å². The van der Waals surface area contributed by atoms with Gasteiger partial charge in [-0.15, -0.1) is 0 Å². The van der Waals surface area contributed by atoms with Gasteiger partial charge >= 0.3 is 0 Å². The Kier molecular flexibility index (Phi) is 4.71. The molecule has 0 bridgehead atoms. The van der Waals surface area contributed by atoms with Crippen LogP contribution in [0, 0.1) is 19.8 Å². The number of carbonyl (C=O) groups excluding carboxylic acids is 2. The summed E-state index contributed by atoms with van der Waals surface area (Å²) in [6.45, 7) is 8.04. The summed E-state index contributed by atoms with van der Waals surface area (Å²) >= 11 is 3.46. The lowest BCUT2D eigenvalue weighted by Gasteiger charge is -2.36. The quantitative estimate of drug-likeness (QED) is 0.908. The number of nitrogens with one attached hydrogen (secondary N) is 1. The smallest absolute Gasteiger partial charge is 0.250 e. The van der Waals surface area contributed by atoms with Gasteiger partial charge < -0.3 is 10.2 Å². The highest BCUT2D eigenvalue weighted by Gasteiger charge is 2.37. The van der Waals surface area contributed by atoms with E-state index in [0.717, 1.165) is 27.7 Å². The van der Waals surface area contributed by atoms with Crippen molar-refractivity contribution >= 4 is 33.4 Å². The van der Waals surface area contributed by atoms with E-state index < -0.39 is 6.04 Å². The van der Waals surface area contributed by atoms with Crippen molar-refractivity contribution in [1.82, 2.24) is 5.32 Å². The van der Waals surface area contributed by atoms with E-state index >= 15 is 0 Å². The predicted octanol–water partition coefficient (Wildman–Crippen LogP) is 2.94.